The van der Waals surface area contributed by atoms with Crippen LogP contribution in [0.4, 0.5) is 5.69 Å². The molecule has 0 fully saturated rings. The van der Waals surface area contributed by atoms with Gasteiger partial charge in [0.15, 0.2) is 0 Å². The maximum atomic E-state index is 12.1. The first-order valence-corrected chi connectivity index (χ1v) is 8.58. The number of carbonyl (C=O) groups is 1. The molecular weight excluding hydrogens is 292 g/mol. The second-order valence-corrected chi connectivity index (χ2v) is 7.17. The van der Waals surface area contributed by atoms with Crippen molar-refractivity contribution in [3.63, 3.8) is 0 Å². The molecule has 1 amide bonds. The molecule has 1 aliphatic heterocycles. The average molecular weight is 312 g/mol. The van der Waals surface area contributed by atoms with Gasteiger partial charge in [-0.1, -0.05) is 0 Å². The number of amides is 1. The maximum absolute atomic E-state index is 12.1. The third-order valence-corrected chi connectivity index (χ3v) is 4.57. The summed E-state index contributed by atoms with van der Waals surface area (Å²) < 4.78 is 29.7. The fraction of sp³-hybridized carbons (Fsp3) is 0.500. The fourth-order valence-corrected chi connectivity index (χ4v) is 3.41. The van der Waals surface area contributed by atoms with Crippen molar-refractivity contribution < 1.29 is 17.9 Å². The quantitative estimate of drug-likeness (QED) is 0.871. The molecule has 1 heterocycles. The van der Waals surface area contributed by atoms with Crippen molar-refractivity contribution in [3.05, 3.63) is 29.3 Å². The SMILES string of the molecule is COC[C@H](C)NC(=O)c1ccc2c(c1)CCN2S(C)(=O)=O. The van der Waals surface area contributed by atoms with Gasteiger partial charge in [-0.2, -0.15) is 0 Å². The van der Waals surface area contributed by atoms with Crippen LogP contribution in [0.2, 0.25) is 0 Å². The molecule has 1 N–H and O–H groups in total. The lowest BCUT2D eigenvalue weighted by molar-refractivity contribution is 0.0905. The standard InChI is InChI=1S/C14H20N2O4S/c1-10(9-20-2)15-14(17)12-4-5-13-11(8-12)6-7-16(13)21(3,18)19/h4-5,8,10H,6-7,9H2,1-3H3,(H,15,17)/t10-/m0/s1. The molecule has 0 aromatic heterocycles. The van der Waals surface area contributed by atoms with Crippen LogP contribution in [0.25, 0.3) is 0 Å². The minimum Gasteiger partial charge on any atom is -0.383 e. The highest BCUT2D eigenvalue weighted by Crippen LogP contribution is 2.30. The average Bonchev–Trinajstić information content (AvgIpc) is 2.81. The molecule has 1 aromatic rings. The van der Waals surface area contributed by atoms with Crippen LogP contribution in [0.5, 0.6) is 0 Å². The van der Waals surface area contributed by atoms with E-state index >= 15 is 0 Å². The first kappa shape index (κ1) is 15.8. The number of benzene rings is 1. The summed E-state index contributed by atoms with van der Waals surface area (Å²) in [6.07, 6.45) is 1.81. The van der Waals surface area contributed by atoms with Gasteiger partial charge in [-0.05, 0) is 37.1 Å². The Morgan fingerprint density at radius 3 is 2.81 bits per heavy atom. The third-order valence-electron chi connectivity index (χ3n) is 3.39. The minimum absolute atomic E-state index is 0.0803. The summed E-state index contributed by atoms with van der Waals surface area (Å²) in [7, 11) is -1.68. The number of hydrogen-bond donors (Lipinski definition) is 1. The van der Waals surface area contributed by atoms with E-state index in [2.05, 4.69) is 5.32 Å². The summed E-state index contributed by atoms with van der Waals surface area (Å²) in [5.41, 5.74) is 2.08. The van der Waals surface area contributed by atoms with Crippen molar-refractivity contribution in [2.24, 2.45) is 0 Å². The molecule has 6 nitrogen and oxygen atoms in total. The Kier molecular flexibility index (Phi) is 4.53. The maximum Gasteiger partial charge on any atom is 0.251 e. The molecule has 0 radical (unpaired) electrons. The zero-order chi connectivity index (χ0) is 15.6. The van der Waals surface area contributed by atoms with E-state index in [4.69, 9.17) is 4.74 Å². The van der Waals surface area contributed by atoms with Crippen LogP contribution in [-0.2, 0) is 21.2 Å². The molecule has 0 saturated heterocycles. The lowest BCUT2D eigenvalue weighted by atomic mass is 10.1. The van der Waals surface area contributed by atoms with Gasteiger partial charge in [-0.25, -0.2) is 8.42 Å². The van der Waals surface area contributed by atoms with E-state index in [1.165, 1.54) is 10.6 Å². The van der Waals surface area contributed by atoms with Gasteiger partial charge >= 0.3 is 0 Å². The van der Waals surface area contributed by atoms with E-state index in [9.17, 15) is 13.2 Å². The van der Waals surface area contributed by atoms with Crippen LogP contribution in [0.3, 0.4) is 0 Å². The molecule has 0 spiro atoms. The predicted octanol–water partition coefficient (Wildman–Crippen LogP) is 0.773. The minimum atomic E-state index is -3.26. The molecule has 1 aliphatic rings. The lowest BCUT2D eigenvalue weighted by Crippen LogP contribution is -2.35. The van der Waals surface area contributed by atoms with Crippen molar-refractivity contribution in [1.29, 1.82) is 0 Å². The Morgan fingerprint density at radius 1 is 1.48 bits per heavy atom. The van der Waals surface area contributed by atoms with E-state index in [-0.39, 0.29) is 11.9 Å². The van der Waals surface area contributed by atoms with Gasteiger partial charge in [0, 0.05) is 25.3 Å². The predicted molar refractivity (Wildman–Crippen MR) is 81.1 cm³/mol. The van der Waals surface area contributed by atoms with Crippen LogP contribution in [-0.4, -0.2) is 46.9 Å². The summed E-state index contributed by atoms with van der Waals surface area (Å²) in [6.45, 7) is 2.73. The molecular formula is C14H20N2O4S. The molecule has 0 bridgehead atoms. The number of ether oxygens (including phenoxy) is 1. The number of carbonyl (C=O) groups excluding carboxylic acids is 1. The Bertz CT molecular complexity index is 642. The fourth-order valence-electron chi connectivity index (χ4n) is 2.46. The highest BCUT2D eigenvalue weighted by Gasteiger charge is 2.26. The highest BCUT2D eigenvalue weighted by atomic mass is 32.2. The summed E-state index contributed by atoms with van der Waals surface area (Å²) >= 11 is 0. The van der Waals surface area contributed by atoms with Gasteiger partial charge in [0.1, 0.15) is 0 Å². The molecule has 0 aliphatic carbocycles. The van der Waals surface area contributed by atoms with Gasteiger partial charge in [0.05, 0.1) is 18.6 Å². The second-order valence-electron chi connectivity index (χ2n) is 5.26. The van der Waals surface area contributed by atoms with E-state index < -0.39 is 10.0 Å². The summed E-state index contributed by atoms with van der Waals surface area (Å²) in [6, 6.07) is 5.02. The van der Waals surface area contributed by atoms with Crippen LogP contribution in [0, 0.1) is 0 Å². The molecule has 0 saturated carbocycles. The van der Waals surface area contributed by atoms with Crippen molar-refractivity contribution in [1.82, 2.24) is 5.32 Å². The monoisotopic (exact) mass is 312 g/mol. The van der Waals surface area contributed by atoms with E-state index in [0.29, 0.717) is 30.8 Å². The number of nitrogens with one attached hydrogen (secondary N) is 1. The Balaban J connectivity index is 2.18. The third kappa shape index (κ3) is 3.54. The largest absolute Gasteiger partial charge is 0.383 e. The number of rotatable bonds is 5. The van der Waals surface area contributed by atoms with Crippen molar-refractivity contribution in [3.8, 4) is 0 Å². The zero-order valence-corrected chi connectivity index (χ0v) is 13.2. The van der Waals surface area contributed by atoms with E-state index in [1.807, 2.05) is 6.92 Å². The molecule has 1 aromatic carbocycles. The molecule has 116 valence electrons. The lowest BCUT2D eigenvalue weighted by Gasteiger charge is -2.17. The number of fused-ring (bicyclic) bond motifs is 1. The Hall–Kier alpha value is -1.60. The number of methoxy groups -OCH3 is 1. The first-order chi connectivity index (χ1) is 9.82. The highest BCUT2D eigenvalue weighted by molar-refractivity contribution is 7.92. The second kappa shape index (κ2) is 6.03. The summed E-state index contributed by atoms with van der Waals surface area (Å²) in [5, 5.41) is 2.83. The number of sulfonamides is 1. The normalized spacial score (nSPS) is 15.7. The topological polar surface area (TPSA) is 75.7 Å². The number of hydrogen-bond acceptors (Lipinski definition) is 4. The van der Waals surface area contributed by atoms with Crippen molar-refractivity contribution in [2.75, 3.05) is 30.8 Å². The number of nitrogens with zero attached hydrogens (tertiary/aromatic N) is 1. The number of anilines is 1. The van der Waals surface area contributed by atoms with Gasteiger partial charge in [-0.15, -0.1) is 0 Å². The molecule has 1 atom stereocenters. The Morgan fingerprint density at radius 2 is 2.19 bits per heavy atom. The first-order valence-electron chi connectivity index (χ1n) is 6.73. The van der Waals surface area contributed by atoms with Crippen LogP contribution in [0.1, 0.15) is 22.8 Å². The van der Waals surface area contributed by atoms with Crippen LogP contribution in [0.15, 0.2) is 18.2 Å². The van der Waals surface area contributed by atoms with Crippen molar-refractivity contribution >= 4 is 21.6 Å². The molecule has 21 heavy (non-hydrogen) atoms. The van der Waals surface area contributed by atoms with Gasteiger partial charge in [0.2, 0.25) is 10.0 Å². The molecule has 0 unspecified atom stereocenters. The van der Waals surface area contributed by atoms with E-state index in [0.717, 1.165) is 5.56 Å². The van der Waals surface area contributed by atoms with Gasteiger partial charge < -0.3 is 10.1 Å². The summed E-state index contributed by atoms with van der Waals surface area (Å²) in [4.78, 5) is 12.1. The van der Waals surface area contributed by atoms with Crippen LogP contribution >= 0.6 is 0 Å². The van der Waals surface area contributed by atoms with E-state index in [1.54, 1.807) is 25.3 Å². The van der Waals surface area contributed by atoms with Crippen LogP contribution < -0.4 is 9.62 Å². The van der Waals surface area contributed by atoms with Crippen molar-refractivity contribution in [2.45, 2.75) is 19.4 Å². The zero-order valence-electron chi connectivity index (χ0n) is 12.4. The summed E-state index contributed by atoms with van der Waals surface area (Å²) in [5.74, 6) is -0.180. The van der Waals surface area contributed by atoms with Gasteiger partial charge in [-0.3, -0.25) is 9.10 Å². The Labute approximate surface area is 125 Å². The van der Waals surface area contributed by atoms with Gasteiger partial charge in [0.25, 0.3) is 5.91 Å². The molecule has 7 heteroatoms. The molecule has 2 rings (SSSR count). The smallest absolute Gasteiger partial charge is 0.251 e.